The van der Waals surface area contributed by atoms with Crippen molar-refractivity contribution in [3.05, 3.63) is 64.5 Å². The number of carbonyl (C=O) groups is 2. The minimum atomic E-state index is -0.354. The van der Waals surface area contributed by atoms with Gasteiger partial charge in [0.25, 0.3) is 0 Å². The van der Waals surface area contributed by atoms with Crippen molar-refractivity contribution in [1.82, 2.24) is 4.98 Å². The third-order valence-electron chi connectivity index (χ3n) is 5.63. The number of rotatable bonds is 7. The molecule has 6 heteroatoms. The molecule has 4 rings (SSSR count). The third kappa shape index (κ3) is 5.02. The predicted molar refractivity (Wildman–Crippen MR) is 126 cm³/mol. The van der Waals surface area contributed by atoms with Gasteiger partial charge in [-0.1, -0.05) is 37.6 Å². The van der Waals surface area contributed by atoms with E-state index in [9.17, 15) is 9.59 Å². The first kappa shape index (κ1) is 21.2. The van der Waals surface area contributed by atoms with Gasteiger partial charge in [0.15, 0.2) is 0 Å². The number of nitrogens with zero attached hydrogens (tertiary/aromatic N) is 2. The highest BCUT2D eigenvalue weighted by atomic mass is 32.1. The Labute approximate surface area is 187 Å². The van der Waals surface area contributed by atoms with E-state index in [1.54, 1.807) is 16.2 Å². The predicted octanol–water partition coefficient (Wildman–Crippen LogP) is 5.45. The monoisotopic (exact) mass is 433 g/mol. The Morgan fingerprint density at radius 3 is 2.55 bits per heavy atom. The van der Waals surface area contributed by atoms with E-state index in [0.717, 1.165) is 46.9 Å². The normalized spacial score (nSPS) is 16.0. The van der Waals surface area contributed by atoms with Gasteiger partial charge in [-0.25, -0.2) is 4.98 Å². The van der Waals surface area contributed by atoms with E-state index in [1.165, 1.54) is 5.56 Å². The van der Waals surface area contributed by atoms with Gasteiger partial charge >= 0.3 is 0 Å². The number of aromatic nitrogens is 1. The molecule has 0 aliphatic carbocycles. The quantitative estimate of drug-likeness (QED) is 0.539. The first-order valence-electron chi connectivity index (χ1n) is 10.8. The fourth-order valence-corrected chi connectivity index (χ4v) is 4.44. The summed E-state index contributed by atoms with van der Waals surface area (Å²) in [6.07, 6.45) is 3.61. The van der Waals surface area contributed by atoms with Gasteiger partial charge in [-0.05, 0) is 49.6 Å². The maximum atomic E-state index is 12.8. The van der Waals surface area contributed by atoms with Crippen LogP contribution in [0, 0.1) is 12.8 Å². The summed E-state index contributed by atoms with van der Waals surface area (Å²) in [6, 6.07) is 15.8. The van der Waals surface area contributed by atoms with Gasteiger partial charge in [0, 0.05) is 35.3 Å². The second-order valence-electron chi connectivity index (χ2n) is 7.99. The number of carbonyl (C=O) groups excluding carboxylic acids is 2. The first-order chi connectivity index (χ1) is 15.0. The van der Waals surface area contributed by atoms with Crippen LogP contribution in [0.25, 0.3) is 11.3 Å². The zero-order valence-electron chi connectivity index (χ0n) is 17.9. The lowest BCUT2D eigenvalue weighted by Gasteiger charge is -2.17. The summed E-state index contributed by atoms with van der Waals surface area (Å²) in [4.78, 5) is 31.5. The van der Waals surface area contributed by atoms with Gasteiger partial charge in [-0.3, -0.25) is 9.59 Å². The molecule has 3 aromatic rings. The molecule has 31 heavy (non-hydrogen) atoms. The molecular formula is C25H27N3O2S. The molecule has 0 radical (unpaired) electrons. The highest BCUT2D eigenvalue weighted by molar-refractivity contribution is 7.09. The number of unbranched alkanes of at least 4 members (excludes halogenated alkanes) is 1. The molecule has 1 aliphatic heterocycles. The van der Waals surface area contributed by atoms with Crippen molar-refractivity contribution in [3.63, 3.8) is 0 Å². The average molecular weight is 434 g/mol. The molecule has 0 spiro atoms. The number of thiazole rings is 1. The molecule has 1 fully saturated rings. The van der Waals surface area contributed by atoms with Crippen LogP contribution < -0.4 is 10.2 Å². The smallest absolute Gasteiger partial charge is 0.229 e. The van der Waals surface area contributed by atoms with Crippen LogP contribution in [0.5, 0.6) is 0 Å². The lowest BCUT2D eigenvalue weighted by Crippen LogP contribution is -2.28. The van der Waals surface area contributed by atoms with Crippen LogP contribution in [-0.4, -0.2) is 23.3 Å². The molecule has 2 amide bonds. The Bertz CT molecular complexity index is 1060. The van der Waals surface area contributed by atoms with Crippen molar-refractivity contribution in [2.75, 3.05) is 16.8 Å². The third-order valence-corrected chi connectivity index (χ3v) is 6.40. The average Bonchev–Trinajstić information content (AvgIpc) is 3.39. The number of benzene rings is 2. The molecule has 1 saturated heterocycles. The zero-order valence-corrected chi connectivity index (χ0v) is 18.7. The fraction of sp³-hybridized carbons (Fsp3) is 0.320. The minimum absolute atomic E-state index is 0.00397. The molecule has 1 unspecified atom stereocenters. The Balaban J connectivity index is 1.37. The summed E-state index contributed by atoms with van der Waals surface area (Å²) in [7, 11) is 0. The van der Waals surface area contributed by atoms with Crippen LogP contribution in [0.1, 0.15) is 36.8 Å². The van der Waals surface area contributed by atoms with E-state index in [4.69, 9.17) is 0 Å². The number of anilines is 2. The van der Waals surface area contributed by atoms with Crippen LogP contribution in [0.2, 0.25) is 0 Å². The van der Waals surface area contributed by atoms with E-state index in [2.05, 4.69) is 29.4 Å². The zero-order chi connectivity index (χ0) is 21.8. The largest absolute Gasteiger partial charge is 0.326 e. The number of hydrogen-bond acceptors (Lipinski definition) is 4. The lowest BCUT2D eigenvalue weighted by atomic mass is 10.1. The maximum Gasteiger partial charge on any atom is 0.229 e. The van der Waals surface area contributed by atoms with Gasteiger partial charge < -0.3 is 10.2 Å². The second kappa shape index (κ2) is 9.43. The number of nitrogens with one attached hydrogen (secondary N) is 1. The molecule has 1 atom stereocenters. The van der Waals surface area contributed by atoms with Crippen molar-refractivity contribution >= 4 is 34.5 Å². The van der Waals surface area contributed by atoms with Crippen LogP contribution in [0.4, 0.5) is 11.4 Å². The Kier molecular flexibility index (Phi) is 6.47. The molecule has 2 aromatic carbocycles. The van der Waals surface area contributed by atoms with E-state index in [-0.39, 0.29) is 24.2 Å². The van der Waals surface area contributed by atoms with Crippen LogP contribution in [-0.2, 0) is 16.0 Å². The molecule has 1 aromatic heterocycles. The number of aryl methyl sites for hydroxylation is 2. The van der Waals surface area contributed by atoms with E-state index >= 15 is 0 Å². The van der Waals surface area contributed by atoms with E-state index in [1.807, 2.05) is 48.7 Å². The molecule has 0 saturated carbocycles. The Hall–Kier alpha value is -2.99. The summed E-state index contributed by atoms with van der Waals surface area (Å²) in [6.45, 7) is 4.57. The summed E-state index contributed by atoms with van der Waals surface area (Å²) in [5, 5.41) is 6.01. The van der Waals surface area contributed by atoms with Crippen molar-refractivity contribution in [3.8, 4) is 11.3 Å². The van der Waals surface area contributed by atoms with Gasteiger partial charge in [-0.15, -0.1) is 11.3 Å². The van der Waals surface area contributed by atoms with Crippen molar-refractivity contribution < 1.29 is 9.59 Å². The fourth-order valence-electron chi connectivity index (χ4n) is 3.82. The van der Waals surface area contributed by atoms with Gasteiger partial charge in [0.1, 0.15) is 0 Å². The van der Waals surface area contributed by atoms with E-state index in [0.29, 0.717) is 6.54 Å². The Morgan fingerprint density at radius 1 is 1.16 bits per heavy atom. The topological polar surface area (TPSA) is 62.3 Å². The minimum Gasteiger partial charge on any atom is -0.326 e. The van der Waals surface area contributed by atoms with Crippen molar-refractivity contribution in [2.24, 2.45) is 5.92 Å². The molecule has 1 aliphatic rings. The molecule has 5 nitrogen and oxygen atoms in total. The maximum absolute atomic E-state index is 12.8. The van der Waals surface area contributed by atoms with Gasteiger partial charge in [0.05, 0.1) is 16.6 Å². The molecule has 0 bridgehead atoms. The summed E-state index contributed by atoms with van der Waals surface area (Å²) in [5.41, 5.74) is 4.84. The molecule has 1 N–H and O–H groups in total. The van der Waals surface area contributed by atoms with Gasteiger partial charge in [-0.2, -0.15) is 0 Å². The standard InChI is InChI=1S/C25H27N3O2S/c1-3-4-5-18-6-12-22(13-7-18)28-15-20(14-24(28)29)25(30)27-21-10-8-19(9-11-21)23-16-31-17(2)26-23/h6-13,16,20H,3-5,14-15H2,1-2H3,(H,27,30). The first-order valence-corrected chi connectivity index (χ1v) is 11.6. The highest BCUT2D eigenvalue weighted by Crippen LogP contribution is 2.27. The SMILES string of the molecule is CCCCc1ccc(N2CC(C(=O)Nc3ccc(-c4csc(C)n4)cc3)CC2=O)cc1. The summed E-state index contributed by atoms with van der Waals surface area (Å²) >= 11 is 1.62. The summed E-state index contributed by atoms with van der Waals surface area (Å²) < 4.78 is 0. The van der Waals surface area contributed by atoms with Gasteiger partial charge in [0.2, 0.25) is 11.8 Å². The van der Waals surface area contributed by atoms with Crippen molar-refractivity contribution in [1.29, 1.82) is 0 Å². The van der Waals surface area contributed by atoms with Crippen LogP contribution in [0.3, 0.4) is 0 Å². The van der Waals surface area contributed by atoms with Crippen LogP contribution in [0.15, 0.2) is 53.9 Å². The Morgan fingerprint density at radius 2 is 1.90 bits per heavy atom. The van der Waals surface area contributed by atoms with Crippen molar-refractivity contribution in [2.45, 2.75) is 39.5 Å². The molecule has 160 valence electrons. The molecular weight excluding hydrogens is 406 g/mol. The van der Waals surface area contributed by atoms with E-state index < -0.39 is 0 Å². The van der Waals surface area contributed by atoms with Crippen LogP contribution >= 0.6 is 11.3 Å². The highest BCUT2D eigenvalue weighted by Gasteiger charge is 2.35. The summed E-state index contributed by atoms with van der Waals surface area (Å²) in [5.74, 6) is -0.475. The molecule has 2 heterocycles. The second-order valence-corrected chi connectivity index (χ2v) is 9.06. The number of hydrogen-bond donors (Lipinski definition) is 1. The number of amides is 2. The lowest BCUT2D eigenvalue weighted by molar-refractivity contribution is -0.122.